The van der Waals surface area contributed by atoms with Gasteiger partial charge in [0.25, 0.3) is 0 Å². The number of nitrogens with zero attached hydrogens (tertiary/aromatic N) is 1. The van der Waals surface area contributed by atoms with Crippen molar-refractivity contribution >= 4 is 11.6 Å². The lowest BCUT2D eigenvalue weighted by molar-refractivity contribution is -0.545. The molecule has 1 aromatic rings. The van der Waals surface area contributed by atoms with Crippen molar-refractivity contribution in [3.63, 3.8) is 0 Å². The van der Waals surface area contributed by atoms with Crippen LogP contribution >= 0.6 is 11.6 Å². The highest BCUT2D eigenvalue weighted by molar-refractivity contribution is 6.22. The maximum atomic E-state index is 10.5. The summed E-state index contributed by atoms with van der Waals surface area (Å²) in [6, 6.07) is 8.50. The predicted molar refractivity (Wildman–Crippen MR) is 46.6 cm³/mol. The van der Waals surface area contributed by atoms with Gasteiger partial charge in [0.05, 0.1) is 0 Å². The Morgan fingerprint density at radius 1 is 1.42 bits per heavy atom. The van der Waals surface area contributed by atoms with Gasteiger partial charge in [-0.2, -0.15) is 0 Å². The largest absolute Gasteiger partial charge is 0.317 e. The quantitative estimate of drug-likeness (QED) is 0.307. The molecule has 0 aliphatic carbocycles. The van der Waals surface area contributed by atoms with Crippen molar-refractivity contribution in [3.05, 3.63) is 46.0 Å². The highest BCUT2D eigenvalue weighted by Crippen LogP contribution is 2.28. The first-order valence-electron chi connectivity index (χ1n) is 3.44. The third-order valence-corrected chi connectivity index (χ3v) is 2.00. The molecule has 1 aromatic carbocycles. The smallest absolute Gasteiger partial charge is 0.262 e. The van der Waals surface area contributed by atoms with E-state index in [0.29, 0.717) is 5.56 Å². The predicted octanol–water partition coefficient (Wildman–Crippen LogP) is 2.37. The van der Waals surface area contributed by atoms with Crippen molar-refractivity contribution in [2.75, 3.05) is 0 Å². The SMILES string of the molecule is CC(Cl)(c1ccccc1)[N+](=O)[O-]. The fourth-order valence-corrected chi connectivity index (χ4v) is 0.974. The summed E-state index contributed by atoms with van der Waals surface area (Å²) in [5.41, 5.74) is 0.497. The van der Waals surface area contributed by atoms with E-state index >= 15 is 0 Å². The molecule has 0 N–H and O–H groups in total. The molecule has 1 atom stereocenters. The van der Waals surface area contributed by atoms with Gasteiger partial charge in [-0.05, 0) is 11.6 Å². The van der Waals surface area contributed by atoms with Crippen LogP contribution in [-0.4, -0.2) is 4.92 Å². The Kier molecular flexibility index (Phi) is 2.33. The summed E-state index contributed by atoms with van der Waals surface area (Å²) in [4.78, 5) is 8.47. The van der Waals surface area contributed by atoms with Gasteiger partial charge in [0, 0.05) is 17.4 Å². The molecule has 0 spiro atoms. The molecule has 0 amide bonds. The van der Waals surface area contributed by atoms with E-state index in [1.807, 2.05) is 0 Å². The van der Waals surface area contributed by atoms with Gasteiger partial charge in [0.1, 0.15) is 0 Å². The maximum Gasteiger partial charge on any atom is 0.317 e. The van der Waals surface area contributed by atoms with Crippen LogP contribution in [0.1, 0.15) is 12.5 Å². The fourth-order valence-electron chi connectivity index (χ4n) is 0.848. The molecule has 0 aromatic heterocycles. The molecule has 1 rings (SSSR count). The Bertz CT molecular complexity index is 284. The molecule has 0 bridgehead atoms. The standard InChI is InChI=1S/C8H8ClNO2/c1-8(9,10(11)12)7-5-3-2-4-6-7/h2-6H,1H3. The van der Waals surface area contributed by atoms with Crippen molar-refractivity contribution in [2.45, 2.75) is 11.9 Å². The Labute approximate surface area is 75.1 Å². The van der Waals surface area contributed by atoms with Crippen molar-refractivity contribution in [2.24, 2.45) is 0 Å². The van der Waals surface area contributed by atoms with Gasteiger partial charge in [-0.15, -0.1) is 0 Å². The highest BCUT2D eigenvalue weighted by atomic mass is 35.5. The highest BCUT2D eigenvalue weighted by Gasteiger charge is 2.35. The number of benzene rings is 1. The molecule has 4 heteroatoms. The topological polar surface area (TPSA) is 43.1 Å². The molecule has 0 saturated carbocycles. The first-order valence-corrected chi connectivity index (χ1v) is 3.82. The third kappa shape index (κ3) is 1.56. The van der Waals surface area contributed by atoms with Crippen LogP contribution in [0.25, 0.3) is 0 Å². The molecule has 0 radical (unpaired) electrons. The van der Waals surface area contributed by atoms with E-state index in [-0.39, 0.29) is 0 Å². The van der Waals surface area contributed by atoms with Crippen LogP contribution in [0, 0.1) is 10.1 Å². The van der Waals surface area contributed by atoms with Crippen LogP contribution in [0.2, 0.25) is 0 Å². The number of halogens is 1. The van der Waals surface area contributed by atoms with Crippen LogP contribution in [0.15, 0.2) is 30.3 Å². The molecular formula is C8H8ClNO2. The number of hydrogen-bond donors (Lipinski definition) is 0. The van der Waals surface area contributed by atoms with Gasteiger partial charge in [-0.1, -0.05) is 30.3 Å². The van der Waals surface area contributed by atoms with Crippen LogP contribution in [0.4, 0.5) is 0 Å². The summed E-state index contributed by atoms with van der Waals surface area (Å²) in [7, 11) is 0. The normalized spacial score (nSPS) is 15.2. The molecule has 0 heterocycles. The van der Waals surface area contributed by atoms with E-state index in [4.69, 9.17) is 11.6 Å². The molecule has 64 valence electrons. The first kappa shape index (κ1) is 9.00. The summed E-state index contributed by atoms with van der Waals surface area (Å²) in [6.07, 6.45) is 0. The van der Waals surface area contributed by atoms with E-state index in [9.17, 15) is 10.1 Å². The fraction of sp³-hybridized carbons (Fsp3) is 0.250. The van der Waals surface area contributed by atoms with Crippen molar-refractivity contribution in [1.82, 2.24) is 0 Å². The second-order valence-corrected chi connectivity index (χ2v) is 3.31. The number of alkyl halides is 1. The molecular weight excluding hydrogens is 178 g/mol. The van der Waals surface area contributed by atoms with Gasteiger partial charge in [0.15, 0.2) is 0 Å². The Balaban J connectivity index is 3.06. The summed E-state index contributed by atoms with van der Waals surface area (Å²) in [5, 5.41) is 10.5. The van der Waals surface area contributed by atoms with Gasteiger partial charge < -0.3 is 0 Å². The number of hydrogen-bond acceptors (Lipinski definition) is 2. The maximum absolute atomic E-state index is 10.5. The van der Waals surface area contributed by atoms with E-state index < -0.39 is 9.92 Å². The zero-order valence-electron chi connectivity index (χ0n) is 6.53. The minimum atomic E-state index is -1.51. The van der Waals surface area contributed by atoms with Crippen LogP contribution < -0.4 is 0 Å². The Hall–Kier alpha value is -1.09. The minimum Gasteiger partial charge on any atom is -0.262 e. The zero-order chi connectivity index (χ0) is 9.19. The van der Waals surface area contributed by atoms with Crippen LogP contribution in [-0.2, 0) is 5.00 Å². The van der Waals surface area contributed by atoms with Gasteiger partial charge >= 0.3 is 5.00 Å². The summed E-state index contributed by atoms with van der Waals surface area (Å²) < 4.78 is 0. The molecule has 0 fully saturated rings. The minimum absolute atomic E-state index is 0.497. The second kappa shape index (κ2) is 3.11. The van der Waals surface area contributed by atoms with Gasteiger partial charge in [0.2, 0.25) is 0 Å². The first-order chi connectivity index (χ1) is 5.55. The van der Waals surface area contributed by atoms with Crippen molar-refractivity contribution < 1.29 is 4.92 Å². The lowest BCUT2D eigenvalue weighted by Crippen LogP contribution is -2.24. The third-order valence-electron chi connectivity index (χ3n) is 1.64. The number of nitro groups is 1. The van der Waals surface area contributed by atoms with Crippen molar-refractivity contribution in [1.29, 1.82) is 0 Å². The summed E-state index contributed by atoms with van der Waals surface area (Å²) in [6.45, 7) is 1.36. The van der Waals surface area contributed by atoms with Crippen LogP contribution in [0.3, 0.4) is 0 Å². The molecule has 3 nitrogen and oxygen atoms in total. The van der Waals surface area contributed by atoms with Crippen LogP contribution in [0.5, 0.6) is 0 Å². The summed E-state index contributed by atoms with van der Waals surface area (Å²) >= 11 is 5.70. The lowest BCUT2D eigenvalue weighted by Gasteiger charge is -2.12. The Morgan fingerprint density at radius 2 is 1.92 bits per heavy atom. The monoisotopic (exact) mass is 185 g/mol. The van der Waals surface area contributed by atoms with E-state index in [2.05, 4.69) is 0 Å². The molecule has 12 heavy (non-hydrogen) atoms. The second-order valence-electron chi connectivity index (χ2n) is 2.58. The van der Waals surface area contributed by atoms with Crippen molar-refractivity contribution in [3.8, 4) is 0 Å². The van der Waals surface area contributed by atoms with E-state index in [1.54, 1.807) is 30.3 Å². The summed E-state index contributed by atoms with van der Waals surface area (Å²) in [5.74, 6) is 0. The molecule has 0 saturated heterocycles. The molecule has 0 aliphatic heterocycles. The van der Waals surface area contributed by atoms with E-state index in [1.165, 1.54) is 6.92 Å². The van der Waals surface area contributed by atoms with E-state index in [0.717, 1.165) is 0 Å². The van der Waals surface area contributed by atoms with Gasteiger partial charge in [-0.25, -0.2) is 0 Å². The van der Waals surface area contributed by atoms with Gasteiger partial charge in [-0.3, -0.25) is 10.1 Å². The lowest BCUT2D eigenvalue weighted by atomic mass is 10.1. The molecule has 1 unspecified atom stereocenters. The average molecular weight is 186 g/mol. The number of rotatable bonds is 2. The zero-order valence-corrected chi connectivity index (χ0v) is 7.28. The average Bonchev–Trinajstić information content (AvgIpc) is 2.06. The molecule has 0 aliphatic rings. The Morgan fingerprint density at radius 3 is 2.33 bits per heavy atom.